The van der Waals surface area contributed by atoms with Crippen LogP contribution in [-0.4, -0.2) is 34.6 Å². The van der Waals surface area contributed by atoms with E-state index >= 15 is 0 Å². The summed E-state index contributed by atoms with van der Waals surface area (Å²) in [7, 11) is 1.97. The number of rotatable bonds is 6. The van der Waals surface area contributed by atoms with Crippen molar-refractivity contribution in [3.8, 4) is 17.3 Å². The number of para-hydroxylation sites is 1. The predicted octanol–water partition coefficient (Wildman–Crippen LogP) is 9.37. The van der Waals surface area contributed by atoms with Crippen LogP contribution in [0.25, 0.3) is 27.6 Å². The molecule has 0 saturated heterocycles. The first-order valence-electron chi connectivity index (χ1n) is 17.5. The highest BCUT2D eigenvalue weighted by Gasteiger charge is 2.58. The van der Waals surface area contributed by atoms with Crippen LogP contribution in [0.5, 0.6) is 11.5 Å². The number of anilines is 1. The number of fused-ring (bicyclic) bond motifs is 3. The van der Waals surface area contributed by atoms with Crippen molar-refractivity contribution in [2.45, 2.75) is 37.5 Å². The molecule has 6 aromatic rings. The molecule has 1 aliphatic heterocycles. The minimum atomic E-state index is 0.0271. The summed E-state index contributed by atoms with van der Waals surface area (Å²) in [5.74, 6) is 5.71. The highest BCUT2D eigenvalue weighted by Crippen LogP contribution is 2.65. The summed E-state index contributed by atoms with van der Waals surface area (Å²) in [6.45, 7) is 0.718. The van der Waals surface area contributed by atoms with E-state index in [9.17, 15) is 0 Å². The number of ether oxygens (including phenoxy) is 1. The SMILES string of the molecule is CN1CN(c2cccc(Oc3ccc4c5ccccc5n(-c5cc(C6(c7ccccc7)C7CC8CC(C7)CC6C8)ccn5)c4c3)c2)C=N1. The molecule has 4 aliphatic carbocycles. The summed E-state index contributed by atoms with van der Waals surface area (Å²) in [6, 6.07) is 39.6. The lowest BCUT2D eigenvalue weighted by atomic mass is 9.42. The van der Waals surface area contributed by atoms with E-state index in [4.69, 9.17) is 9.72 Å². The molecule has 4 bridgehead atoms. The molecular weight excluding hydrogens is 590 g/mol. The fourth-order valence-corrected chi connectivity index (χ4v) is 10.3. The number of pyridine rings is 1. The fraction of sp³-hybridized carbons (Fsp3) is 0.286. The number of hydrogen-bond acceptors (Lipinski definition) is 5. The van der Waals surface area contributed by atoms with Gasteiger partial charge in [0, 0.05) is 47.3 Å². The molecular formula is C42H39N5O. The molecule has 48 heavy (non-hydrogen) atoms. The van der Waals surface area contributed by atoms with Crippen LogP contribution in [0.15, 0.2) is 120 Å². The van der Waals surface area contributed by atoms with Gasteiger partial charge in [-0.15, -0.1) is 0 Å². The van der Waals surface area contributed by atoms with Gasteiger partial charge in [-0.1, -0.05) is 54.6 Å². The highest BCUT2D eigenvalue weighted by atomic mass is 16.5. The zero-order valence-electron chi connectivity index (χ0n) is 27.2. The van der Waals surface area contributed by atoms with Crippen LogP contribution in [0.3, 0.4) is 0 Å². The molecule has 0 unspecified atom stereocenters. The van der Waals surface area contributed by atoms with E-state index in [0.717, 1.165) is 52.5 Å². The number of aromatic nitrogens is 2. The molecule has 0 spiro atoms. The third kappa shape index (κ3) is 4.24. The Kier molecular flexibility index (Phi) is 6.24. The van der Waals surface area contributed by atoms with Gasteiger partial charge in [-0.05, 0) is 109 Å². The Morgan fingerprint density at radius 1 is 0.667 bits per heavy atom. The van der Waals surface area contributed by atoms with E-state index in [1.807, 2.05) is 30.5 Å². The summed E-state index contributed by atoms with van der Waals surface area (Å²) in [4.78, 5) is 7.20. The molecule has 0 N–H and O–H groups in total. The number of hydrazone groups is 1. The molecule has 238 valence electrons. The Morgan fingerprint density at radius 3 is 2.21 bits per heavy atom. The molecule has 0 amide bonds. The van der Waals surface area contributed by atoms with Crippen molar-refractivity contribution in [2.24, 2.45) is 28.8 Å². The van der Waals surface area contributed by atoms with Crippen LogP contribution in [0.4, 0.5) is 5.69 Å². The molecule has 6 heteroatoms. The molecule has 4 fully saturated rings. The topological polar surface area (TPSA) is 45.9 Å². The van der Waals surface area contributed by atoms with Crippen molar-refractivity contribution in [1.82, 2.24) is 14.6 Å². The Balaban J connectivity index is 1.10. The summed E-state index contributed by atoms with van der Waals surface area (Å²) in [5.41, 5.74) is 6.25. The van der Waals surface area contributed by atoms with E-state index in [0.29, 0.717) is 11.8 Å². The number of hydrogen-bond donors (Lipinski definition) is 0. The molecule has 4 saturated carbocycles. The van der Waals surface area contributed by atoms with E-state index in [1.165, 1.54) is 54.0 Å². The zero-order chi connectivity index (χ0) is 31.8. The number of benzene rings is 4. The average Bonchev–Trinajstić information content (AvgIpc) is 3.70. The summed E-state index contributed by atoms with van der Waals surface area (Å²) in [5, 5.41) is 8.69. The molecule has 11 rings (SSSR count). The maximum absolute atomic E-state index is 6.54. The first-order valence-corrected chi connectivity index (χ1v) is 17.5. The van der Waals surface area contributed by atoms with Crippen LogP contribution >= 0.6 is 0 Å². The lowest BCUT2D eigenvalue weighted by molar-refractivity contribution is -0.0418. The van der Waals surface area contributed by atoms with Gasteiger partial charge in [0.15, 0.2) is 0 Å². The first-order chi connectivity index (χ1) is 23.6. The van der Waals surface area contributed by atoms with Gasteiger partial charge in [-0.25, -0.2) is 4.98 Å². The number of nitrogens with zero attached hydrogens (tertiary/aromatic N) is 5. The smallest absolute Gasteiger partial charge is 0.137 e. The Labute approximate surface area is 281 Å². The molecule has 6 nitrogen and oxygen atoms in total. The van der Waals surface area contributed by atoms with E-state index in [2.05, 4.69) is 118 Å². The standard InChI is InChI=1S/C42H39N5O/c1-45-27-46(26-44-45)34-10-7-11-35(24-34)48-36-14-15-38-37-12-5-6-13-39(37)47(40(38)25-36)41-23-31(16-17-43-41)42(30-8-3-2-4-9-30)32-19-28-18-29(21-32)22-33(42)20-28/h2-17,23-26,28-29,32-33H,18-22,27H2,1H3. The van der Waals surface area contributed by atoms with Gasteiger partial charge >= 0.3 is 0 Å². The first kappa shape index (κ1) is 28.0. The van der Waals surface area contributed by atoms with E-state index in [-0.39, 0.29) is 5.41 Å². The third-order valence-electron chi connectivity index (χ3n) is 11.9. The van der Waals surface area contributed by atoms with Crippen LogP contribution in [0.1, 0.15) is 43.2 Å². The van der Waals surface area contributed by atoms with Crippen molar-refractivity contribution in [3.63, 3.8) is 0 Å². The molecule has 0 radical (unpaired) electrons. The second-order valence-corrected chi connectivity index (χ2v) is 14.6. The second kappa shape index (κ2) is 10.7. The largest absolute Gasteiger partial charge is 0.457 e. The van der Waals surface area contributed by atoms with Crippen molar-refractivity contribution < 1.29 is 4.74 Å². The van der Waals surface area contributed by atoms with Crippen molar-refractivity contribution in [2.75, 3.05) is 18.6 Å². The van der Waals surface area contributed by atoms with E-state index < -0.39 is 0 Å². The third-order valence-corrected chi connectivity index (χ3v) is 11.9. The summed E-state index contributed by atoms with van der Waals surface area (Å²) >= 11 is 0. The second-order valence-electron chi connectivity index (χ2n) is 14.6. The van der Waals surface area contributed by atoms with Crippen molar-refractivity contribution in [3.05, 3.63) is 127 Å². The summed E-state index contributed by atoms with van der Waals surface area (Å²) in [6.07, 6.45) is 10.7. The van der Waals surface area contributed by atoms with E-state index in [1.54, 1.807) is 0 Å². The van der Waals surface area contributed by atoms with Gasteiger partial charge < -0.3 is 9.64 Å². The minimum absolute atomic E-state index is 0.0271. The molecule has 0 atom stereocenters. The molecule has 3 heterocycles. The Morgan fingerprint density at radius 2 is 1.42 bits per heavy atom. The fourth-order valence-electron chi connectivity index (χ4n) is 10.3. The normalized spacial score (nSPS) is 25.9. The van der Waals surface area contributed by atoms with Gasteiger partial charge in [0.25, 0.3) is 0 Å². The Bertz CT molecular complexity index is 2180. The van der Waals surface area contributed by atoms with Gasteiger partial charge in [0.2, 0.25) is 0 Å². The van der Waals surface area contributed by atoms with Gasteiger partial charge in [-0.3, -0.25) is 9.58 Å². The highest BCUT2D eigenvalue weighted by molar-refractivity contribution is 6.09. The van der Waals surface area contributed by atoms with Crippen LogP contribution in [0, 0.1) is 23.7 Å². The average molecular weight is 630 g/mol. The molecule has 5 aliphatic rings. The summed E-state index contributed by atoms with van der Waals surface area (Å²) < 4.78 is 8.89. The lowest BCUT2D eigenvalue weighted by Gasteiger charge is -2.62. The molecule has 4 aromatic carbocycles. The van der Waals surface area contributed by atoms with Crippen LogP contribution < -0.4 is 9.64 Å². The predicted molar refractivity (Wildman–Crippen MR) is 193 cm³/mol. The van der Waals surface area contributed by atoms with Gasteiger partial charge in [0.05, 0.1) is 11.0 Å². The Hall–Kier alpha value is -5.10. The monoisotopic (exact) mass is 629 g/mol. The minimum Gasteiger partial charge on any atom is -0.457 e. The van der Waals surface area contributed by atoms with Gasteiger partial charge in [-0.2, -0.15) is 5.10 Å². The van der Waals surface area contributed by atoms with Crippen LogP contribution in [-0.2, 0) is 5.41 Å². The van der Waals surface area contributed by atoms with Crippen molar-refractivity contribution >= 4 is 33.8 Å². The van der Waals surface area contributed by atoms with Gasteiger partial charge in [0.1, 0.15) is 30.3 Å². The zero-order valence-corrected chi connectivity index (χ0v) is 27.2. The molecule has 2 aromatic heterocycles. The maximum atomic E-state index is 6.54. The van der Waals surface area contributed by atoms with Crippen LogP contribution in [0.2, 0.25) is 0 Å². The lowest BCUT2D eigenvalue weighted by Crippen LogP contribution is -2.56. The maximum Gasteiger partial charge on any atom is 0.137 e. The van der Waals surface area contributed by atoms with Crippen molar-refractivity contribution in [1.29, 1.82) is 0 Å². The quantitative estimate of drug-likeness (QED) is 0.184.